The summed E-state index contributed by atoms with van der Waals surface area (Å²) in [4.78, 5) is 12.8. The molecule has 1 aromatic carbocycles. The van der Waals surface area contributed by atoms with E-state index >= 15 is 0 Å². The number of hydrogen-bond acceptors (Lipinski definition) is 4. The molecule has 0 aliphatic heterocycles. The molecule has 5 aliphatic carbocycles. The van der Waals surface area contributed by atoms with Crippen molar-refractivity contribution in [1.29, 1.82) is 0 Å². The molecule has 0 atom stereocenters. The van der Waals surface area contributed by atoms with Gasteiger partial charge in [0, 0.05) is 11.6 Å². The van der Waals surface area contributed by atoms with E-state index < -0.39 is 5.60 Å². The summed E-state index contributed by atoms with van der Waals surface area (Å²) in [6.45, 7) is 5.79. The molecule has 0 heterocycles. The Morgan fingerprint density at radius 1 is 0.935 bits per heavy atom. The van der Waals surface area contributed by atoms with E-state index in [1.54, 1.807) is 0 Å². The molecule has 0 spiro atoms. The van der Waals surface area contributed by atoms with Crippen LogP contribution in [0.25, 0.3) is 0 Å². The topological polar surface area (TPSA) is 50.4 Å². The normalized spacial score (nSPS) is 32.7. The van der Waals surface area contributed by atoms with Crippen molar-refractivity contribution in [2.24, 2.45) is 17.8 Å². The Kier molecular flexibility index (Phi) is 5.46. The molecule has 5 aliphatic rings. The van der Waals surface area contributed by atoms with Crippen molar-refractivity contribution in [2.75, 3.05) is 10.6 Å². The molecular formula is C27H40N2O2. The lowest BCUT2D eigenvalue weighted by Crippen LogP contribution is -2.54. The van der Waals surface area contributed by atoms with Crippen LogP contribution in [-0.4, -0.2) is 23.2 Å². The summed E-state index contributed by atoms with van der Waals surface area (Å²) in [5, 5.41) is 7.86. The SMILES string of the molecule is CC(C)(C)OC(=O)c1ccc(NC2CCCCC2)c(NC23CC4CC(CC(C4)C2)C3)c1. The second-order valence-electron chi connectivity index (χ2n) is 12.1. The minimum absolute atomic E-state index is 0.213. The van der Waals surface area contributed by atoms with Gasteiger partial charge in [0.05, 0.1) is 16.9 Å². The first kappa shape index (κ1) is 21.2. The van der Waals surface area contributed by atoms with E-state index in [9.17, 15) is 4.79 Å². The summed E-state index contributed by atoms with van der Waals surface area (Å²) < 4.78 is 5.68. The summed E-state index contributed by atoms with van der Waals surface area (Å²) in [6.07, 6.45) is 14.6. The van der Waals surface area contributed by atoms with Gasteiger partial charge in [-0.15, -0.1) is 0 Å². The molecule has 0 aromatic heterocycles. The lowest BCUT2D eigenvalue weighted by Gasteiger charge is -2.57. The summed E-state index contributed by atoms with van der Waals surface area (Å²) in [5.41, 5.74) is 2.65. The summed E-state index contributed by atoms with van der Waals surface area (Å²) >= 11 is 0. The Bertz CT molecular complexity index is 784. The largest absolute Gasteiger partial charge is 0.456 e. The van der Waals surface area contributed by atoms with Crippen molar-refractivity contribution in [1.82, 2.24) is 0 Å². The molecule has 0 saturated heterocycles. The van der Waals surface area contributed by atoms with E-state index in [-0.39, 0.29) is 11.5 Å². The zero-order chi connectivity index (χ0) is 21.6. The van der Waals surface area contributed by atoms with E-state index in [1.807, 2.05) is 26.8 Å². The number of carbonyl (C=O) groups excluding carboxylic acids is 1. The van der Waals surface area contributed by atoms with E-state index in [1.165, 1.54) is 70.6 Å². The molecular weight excluding hydrogens is 384 g/mol. The zero-order valence-corrected chi connectivity index (χ0v) is 19.6. The first-order valence-electron chi connectivity index (χ1n) is 12.7. The van der Waals surface area contributed by atoms with Crippen LogP contribution in [0.15, 0.2) is 18.2 Å². The van der Waals surface area contributed by atoms with Crippen molar-refractivity contribution in [3.63, 3.8) is 0 Å². The van der Waals surface area contributed by atoms with Gasteiger partial charge >= 0.3 is 5.97 Å². The number of benzene rings is 1. The van der Waals surface area contributed by atoms with Gasteiger partial charge in [0.1, 0.15) is 5.60 Å². The van der Waals surface area contributed by atoms with Gasteiger partial charge in [-0.25, -0.2) is 4.79 Å². The maximum absolute atomic E-state index is 12.8. The van der Waals surface area contributed by atoms with E-state index in [2.05, 4.69) is 22.8 Å². The minimum Gasteiger partial charge on any atom is -0.456 e. The highest BCUT2D eigenvalue weighted by molar-refractivity contribution is 5.92. The third-order valence-corrected chi connectivity index (χ3v) is 8.06. The molecule has 4 nitrogen and oxygen atoms in total. The smallest absolute Gasteiger partial charge is 0.338 e. The Morgan fingerprint density at radius 3 is 2.13 bits per heavy atom. The lowest BCUT2D eigenvalue weighted by atomic mass is 9.53. The average Bonchev–Trinajstić information content (AvgIpc) is 2.67. The van der Waals surface area contributed by atoms with Gasteiger partial charge in [-0.3, -0.25) is 0 Å². The summed E-state index contributed by atoms with van der Waals surface area (Å²) in [5.74, 6) is 2.44. The number of hydrogen-bond donors (Lipinski definition) is 2. The van der Waals surface area contributed by atoms with Crippen LogP contribution >= 0.6 is 0 Å². The van der Waals surface area contributed by atoms with Crippen molar-refractivity contribution >= 4 is 17.3 Å². The molecule has 170 valence electrons. The van der Waals surface area contributed by atoms with Crippen LogP contribution in [0.3, 0.4) is 0 Å². The van der Waals surface area contributed by atoms with Crippen LogP contribution < -0.4 is 10.6 Å². The standard InChI is InChI=1S/C27H40N2O2/c1-26(2,3)31-25(30)21-9-10-23(28-22-7-5-4-6-8-22)24(14-21)29-27-15-18-11-19(16-27)13-20(12-18)17-27/h9-10,14,18-20,22,28-29H,4-8,11-13,15-17H2,1-3H3. The quantitative estimate of drug-likeness (QED) is 0.512. The fourth-order valence-corrected chi connectivity index (χ4v) is 7.25. The summed E-state index contributed by atoms with van der Waals surface area (Å²) in [7, 11) is 0. The second kappa shape index (κ2) is 8.01. The highest BCUT2D eigenvalue weighted by atomic mass is 16.6. The molecule has 2 N–H and O–H groups in total. The number of ether oxygens (including phenoxy) is 1. The van der Waals surface area contributed by atoms with Gasteiger partial charge in [0.15, 0.2) is 0 Å². The number of carbonyl (C=O) groups is 1. The molecule has 0 unspecified atom stereocenters. The van der Waals surface area contributed by atoms with Gasteiger partial charge in [0.2, 0.25) is 0 Å². The lowest BCUT2D eigenvalue weighted by molar-refractivity contribution is 0.00672. The van der Waals surface area contributed by atoms with Crippen molar-refractivity contribution in [3.8, 4) is 0 Å². The Labute approximate surface area is 187 Å². The molecule has 6 rings (SSSR count). The van der Waals surface area contributed by atoms with Crippen LogP contribution in [0.5, 0.6) is 0 Å². The fraction of sp³-hybridized carbons (Fsp3) is 0.741. The van der Waals surface area contributed by atoms with Gasteiger partial charge in [-0.2, -0.15) is 0 Å². The molecule has 0 radical (unpaired) electrons. The fourth-order valence-electron chi connectivity index (χ4n) is 7.25. The third kappa shape index (κ3) is 4.73. The van der Waals surface area contributed by atoms with E-state index in [0.29, 0.717) is 11.6 Å². The van der Waals surface area contributed by atoms with Gasteiger partial charge in [0.25, 0.3) is 0 Å². The van der Waals surface area contributed by atoms with Crippen molar-refractivity contribution in [3.05, 3.63) is 23.8 Å². The molecule has 0 amide bonds. The van der Waals surface area contributed by atoms with Crippen LogP contribution in [-0.2, 0) is 4.74 Å². The van der Waals surface area contributed by atoms with Gasteiger partial charge < -0.3 is 15.4 Å². The van der Waals surface area contributed by atoms with Gasteiger partial charge in [-0.05, 0) is 108 Å². The Balaban J connectivity index is 1.42. The van der Waals surface area contributed by atoms with Crippen molar-refractivity contribution in [2.45, 2.75) is 109 Å². The Morgan fingerprint density at radius 2 is 1.55 bits per heavy atom. The molecule has 4 bridgehead atoms. The molecule has 4 heteroatoms. The van der Waals surface area contributed by atoms with Crippen molar-refractivity contribution < 1.29 is 9.53 Å². The van der Waals surface area contributed by atoms with Crippen LogP contribution in [0.1, 0.15) is 102 Å². The highest BCUT2D eigenvalue weighted by Crippen LogP contribution is 2.57. The molecule has 5 saturated carbocycles. The van der Waals surface area contributed by atoms with Crippen LogP contribution in [0.2, 0.25) is 0 Å². The monoisotopic (exact) mass is 424 g/mol. The van der Waals surface area contributed by atoms with E-state index in [0.717, 1.165) is 29.1 Å². The molecule has 5 fully saturated rings. The predicted octanol–water partition coefficient (Wildman–Crippen LogP) is 6.77. The van der Waals surface area contributed by atoms with Gasteiger partial charge in [-0.1, -0.05) is 19.3 Å². The highest BCUT2D eigenvalue weighted by Gasteiger charge is 2.51. The van der Waals surface area contributed by atoms with E-state index in [4.69, 9.17) is 4.74 Å². The van der Waals surface area contributed by atoms with Crippen LogP contribution in [0, 0.1) is 17.8 Å². The Hall–Kier alpha value is -1.71. The summed E-state index contributed by atoms with van der Waals surface area (Å²) in [6, 6.07) is 6.64. The zero-order valence-electron chi connectivity index (χ0n) is 19.6. The number of esters is 1. The maximum Gasteiger partial charge on any atom is 0.338 e. The maximum atomic E-state index is 12.8. The first-order valence-corrected chi connectivity index (χ1v) is 12.7. The minimum atomic E-state index is -0.483. The number of anilines is 2. The second-order valence-corrected chi connectivity index (χ2v) is 12.1. The number of rotatable bonds is 5. The first-order chi connectivity index (χ1) is 14.8. The predicted molar refractivity (Wildman–Crippen MR) is 127 cm³/mol. The average molecular weight is 425 g/mol. The molecule has 31 heavy (non-hydrogen) atoms. The third-order valence-electron chi connectivity index (χ3n) is 8.06. The van der Waals surface area contributed by atoms with Crippen LogP contribution in [0.4, 0.5) is 11.4 Å². The number of nitrogens with one attached hydrogen (secondary N) is 2. The molecule has 1 aromatic rings.